The number of nitrogens with zero attached hydrogens (tertiary/aromatic N) is 2. The van der Waals surface area contributed by atoms with Crippen LogP contribution in [0.4, 0.5) is 5.82 Å². The predicted molar refractivity (Wildman–Crippen MR) is 126 cm³/mol. The molecule has 1 N–H and O–H groups in total. The van der Waals surface area contributed by atoms with Crippen molar-refractivity contribution < 1.29 is 13.2 Å². The Bertz CT molecular complexity index is 1190. The minimum absolute atomic E-state index is 0.0855. The van der Waals surface area contributed by atoms with Gasteiger partial charge in [-0.3, -0.25) is 4.79 Å². The van der Waals surface area contributed by atoms with Gasteiger partial charge in [0.15, 0.2) is 0 Å². The number of piperidine rings is 1. The molecule has 1 aliphatic heterocycles. The molecule has 2 aromatic carbocycles. The highest BCUT2D eigenvalue weighted by atomic mass is 35.5. The van der Waals surface area contributed by atoms with E-state index in [0.29, 0.717) is 18.7 Å². The molecule has 6 nitrogen and oxygen atoms in total. The summed E-state index contributed by atoms with van der Waals surface area (Å²) in [5, 5.41) is 3.00. The van der Waals surface area contributed by atoms with Crippen molar-refractivity contribution in [2.75, 3.05) is 18.4 Å². The molecule has 0 atom stereocenters. The lowest BCUT2D eigenvalue weighted by Gasteiger charge is -2.30. The third-order valence-electron chi connectivity index (χ3n) is 5.46. The van der Waals surface area contributed by atoms with Crippen LogP contribution in [0.2, 0.25) is 10.0 Å². The van der Waals surface area contributed by atoms with Crippen LogP contribution in [0.5, 0.6) is 0 Å². The first-order valence-electron chi connectivity index (χ1n) is 10.1. The van der Waals surface area contributed by atoms with Crippen LogP contribution < -0.4 is 5.32 Å². The van der Waals surface area contributed by atoms with Gasteiger partial charge < -0.3 is 5.32 Å². The minimum Gasteiger partial charge on any atom is -0.310 e. The van der Waals surface area contributed by atoms with Crippen molar-refractivity contribution in [2.24, 2.45) is 5.92 Å². The summed E-state index contributed by atoms with van der Waals surface area (Å²) in [6.07, 6.45) is 2.51. The standard InChI is InChI=1S/C23H21Cl2N3O3S/c24-19-7-4-8-20(25)22(19)32(30,31)28-13-11-17(12-14-28)23(29)27-21-10-9-18(15-26-21)16-5-2-1-3-6-16/h1-10,15,17H,11-14H2,(H,26,27,29). The molecule has 1 aliphatic rings. The summed E-state index contributed by atoms with van der Waals surface area (Å²) in [5.41, 5.74) is 2.01. The molecule has 0 unspecified atom stereocenters. The van der Waals surface area contributed by atoms with E-state index in [4.69, 9.17) is 23.2 Å². The van der Waals surface area contributed by atoms with E-state index in [9.17, 15) is 13.2 Å². The van der Waals surface area contributed by atoms with Gasteiger partial charge in [-0.15, -0.1) is 0 Å². The summed E-state index contributed by atoms with van der Waals surface area (Å²) in [6.45, 7) is 0.421. The number of amides is 1. The Morgan fingerprint density at radius 3 is 2.16 bits per heavy atom. The zero-order valence-electron chi connectivity index (χ0n) is 17.0. The quantitative estimate of drug-likeness (QED) is 0.540. The number of anilines is 1. The van der Waals surface area contributed by atoms with Gasteiger partial charge in [0.05, 0.1) is 10.0 Å². The Kier molecular flexibility index (Phi) is 6.81. The molecule has 4 rings (SSSR count). The maximum absolute atomic E-state index is 13.0. The van der Waals surface area contributed by atoms with Gasteiger partial charge in [0, 0.05) is 30.8 Å². The second-order valence-electron chi connectivity index (χ2n) is 7.52. The van der Waals surface area contributed by atoms with Crippen LogP contribution in [0.1, 0.15) is 12.8 Å². The fourth-order valence-corrected chi connectivity index (χ4v) is 6.27. The van der Waals surface area contributed by atoms with Gasteiger partial charge in [0.25, 0.3) is 0 Å². The third kappa shape index (κ3) is 4.81. The summed E-state index contributed by atoms with van der Waals surface area (Å²) < 4.78 is 27.3. The van der Waals surface area contributed by atoms with Crippen LogP contribution >= 0.6 is 23.2 Å². The number of aromatic nitrogens is 1. The maximum atomic E-state index is 13.0. The van der Waals surface area contributed by atoms with Gasteiger partial charge >= 0.3 is 0 Å². The van der Waals surface area contributed by atoms with Crippen molar-refractivity contribution in [2.45, 2.75) is 17.7 Å². The van der Waals surface area contributed by atoms with Crippen LogP contribution in [-0.4, -0.2) is 36.7 Å². The first-order valence-corrected chi connectivity index (χ1v) is 12.3. The Morgan fingerprint density at radius 2 is 1.56 bits per heavy atom. The summed E-state index contributed by atoms with van der Waals surface area (Å²) in [5.74, 6) is -0.0101. The topological polar surface area (TPSA) is 79.4 Å². The first-order chi connectivity index (χ1) is 15.4. The number of hydrogen-bond donors (Lipinski definition) is 1. The zero-order chi connectivity index (χ0) is 22.7. The Labute approximate surface area is 197 Å². The van der Waals surface area contributed by atoms with E-state index >= 15 is 0 Å². The molecule has 1 saturated heterocycles. The average molecular weight is 490 g/mol. The van der Waals surface area contributed by atoms with Crippen LogP contribution in [-0.2, 0) is 14.8 Å². The highest BCUT2D eigenvalue weighted by molar-refractivity contribution is 7.89. The van der Waals surface area contributed by atoms with Gasteiger partial charge in [-0.2, -0.15) is 4.31 Å². The zero-order valence-corrected chi connectivity index (χ0v) is 19.4. The monoisotopic (exact) mass is 489 g/mol. The molecule has 32 heavy (non-hydrogen) atoms. The SMILES string of the molecule is O=C(Nc1ccc(-c2ccccc2)cn1)C1CCN(S(=O)(=O)c2c(Cl)cccc2Cl)CC1. The smallest absolute Gasteiger partial charge is 0.246 e. The Morgan fingerprint density at radius 1 is 0.906 bits per heavy atom. The molecule has 3 aromatic rings. The van der Waals surface area contributed by atoms with Crippen LogP contribution in [0.3, 0.4) is 0 Å². The van der Waals surface area contributed by atoms with E-state index in [1.165, 1.54) is 16.4 Å². The van der Waals surface area contributed by atoms with Gasteiger partial charge in [-0.1, -0.05) is 59.6 Å². The van der Waals surface area contributed by atoms with Crippen molar-refractivity contribution in [3.8, 4) is 11.1 Å². The molecule has 1 aromatic heterocycles. The number of rotatable bonds is 5. The van der Waals surface area contributed by atoms with Crippen LogP contribution in [0, 0.1) is 5.92 Å². The summed E-state index contributed by atoms with van der Waals surface area (Å²) in [7, 11) is -3.84. The molecule has 2 heterocycles. The summed E-state index contributed by atoms with van der Waals surface area (Å²) >= 11 is 12.2. The number of pyridine rings is 1. The molecule has 0 aliphatic carbocycles. The molecule has 0 radical (unpaired) electrons. The fraction of sp³-hybridized carbons (Fsp3) is 0.217. The summed E-state index contributed by atoms with van der Waals surface area (Å²) in [6, 6.07) is 18.1. The van der Waals surface area contributed by atoms with E-state index < -0.39 is 10.0 Å². The van der Waals surface area contributed by atoms with E-state index in [1.54, 1.807) is 18.3 Å². The lowest BCUT2D eigenvalue weighted by Crippen LogP contribution is -2.41. The third-order valence-corrected chi connectivity index (χ3v) is 8.32. The molecule has 166 valence electrons. The second kappa shape index (κ2) is 9.58. The molecule has 0 saturated carbocycles. The van der Waals surface area contributed by atoms with Crippen molar-refractivity contribution in [3.05, 3.63) is 76.9 Å². The van der Waals surface area contributed by atoms with Crippen molar-refractivity contribution in [1.82, 2.24) is 9.29 Å². The highest BCUT2D eigenvalue weighted by Gasteiger charge is 2.34. The fourth-order valence-electron chi connectivity index (χ4n) is 3.71. The van der Waals surface area contributed by atoms with Crippen LogP contribution in [0.15, 0.2) is 71.8 Å². The summed E-state index contributed by atoms with van der Waals surface area (Å²) in [4.78, 5) is 16.9. The van der Waals surface area contributed by atoms with Gasteiger partial charge in [-0.25, -0.2) is 13.4 Å². The predicted octanol–water partition coefficient (Wildman–Crippen LogP) is 5.09. The lowest BCUT2D eigenvalue weighted by molar-refractivity contribution is -0.120. The van der Waals surface area contributed by atoms with Crippen LogP contribution in [0.25, 0.3) is 11.1 Å². The molecule has 0 spiro atoms. The molecule has 1 amide bonds. The first kappa shape index (κ1) is 22.7. The lowest BCUT2D eigenvalue weighted by atomic mass is 9.97. The van der Waals surface area contributed by atoms with E-state index in [2.05, 4.69) is 10.3 Å². The Hall–Kier alpha value is -2.45. The number of carbonyl (C=O) groups excluding carboxylic acids is 1. The average Bonchev–Trinajstić information content (AvgIpc) is 2.80. The minimum atomic E-state index is -3.84. The number of hydrogen-bond acceptors (Lipinski definition) is 4. The van der Waals surface area contributed by atoms with E-state index in [1.807, 2.05) is 36.4 Å². The number of carbonyl (C=O) groups is 1. The van der Waals surface area contributed by atoms with E-state index in [-0.39, 0.29) is 39.9 Å². The Balaban J connectivity index is 1.38. The maximum Gasteiger partial charge on any atom is 0.246 e. The molecular weight excluding hydrogens is 469 g/mol. The number of benzene rings is 2. The molecular formula is C23H21Cl2N3O3S. The van der Waals surface area contributed by atoms with Crippen molar-refractivity contribution in [1.29, 1.82) is 0 Å². The normalized spacial score (nSPS) is 15.4. The van der Waals surface area contributed by atoms with E-state index in [0.717, 1.165) is 11.1 Å². The molecule has 0 bridgehead atoms. The second-order valence-corrected chi connectivity index (χ2v) is 10.2. The van der Waals surface area contributed by atoms with Gasteiger partial charge in [0.2, 0.25) is 15.9 Å². The largest absolute Gasteiger partial charge is 0.310 e. The highest BCUT2D eigenvalue weighted by Crippen LogP contribution is 2.33. The van der Waals surface area contributed by atoms with Gasteiger partial charge in [-0.05, 0) is 42.7 Å². The number of sulfonamides is 1. The van der Waals surface area contributed by atoms with Crippen molar-refractivity contribution >= 4 is 45.0 Å². The van der Waals surface area contributed by atoms with Crippen molar-refractivity contribution in [3.63, 3.8) is 0 Å². The molecule has 1 fully saturated rings. The number of nitrogens with one attached hydrogen (secondary N) is 1. The van der Waals surface area contributed by atoms with Gasteiger partial charge in [0.1, 0.15) is 10.7 Å². The number of halogens is 2. The molecule has 9 heteroatoms.